The Morgan fingerprint density at radius 3 is 2.61 bits per heavy atom. The minimum absolute atomic E-state index is 0.0264. The molecule has 1 amide bonds. The summed E-state index contributed by atoms with van der Waals surface area (Å²) >= 11 is 0. The lowest BCUT2D eigenvalue weighted by Gasteiger charge is -2.14. The summed E-state index contributed by atoms with van der Waals surface area (Å²) in [4.78, 5) is 16.5. The lowest BCUT2D eigenvalue weighted by molar-refractivity contribution is -0.137. The fraction of sp³-hybridized carbons (Fsp3) is 0.100. The molecule has 3 aromatic heterocycles. The van der Waals surface area contributed by atoms with E-state index in [1.54, 1.807) is 24.5 Å². The van der Waals surface area contributed by atoms with Crippen LogP contribution < -0.4 is 5.32 Å². The molecule has 0 unspecified atom stereocenters. The SMILES string of the molecule is Cc1oc(-n2cccc2)c(C#N)c1C(=O)Nc1ccc(-n2cncn2)c(C(F)(F)F)c1. The molecule has 0 atom stereocenters. The molecule has 0 fully saturated rings. The molecule has 8 nitrogen and oxygen atoms in total. The number of anilines is 1. The third-order valence-corrected chi connectivity index (χ3v) is 4.47. The number of nitriles is 1. The van der Waals surface area contributed by atoms with Crippen molar-refractivity contribution in [1.82, 2.24) is 19.3 Å². The number of nitrogens with one attached hydrogen (secondary N) is 1. The third kappa shape index (κ3) is 3.66. The van der Waals surface area contributed by atoms with Crippen LogP contribution >= 0.6 is 0 Å². The van der Waals surface area contributed by atoms with Crippen molar-refractivity contribution in [2.24, 2.45) is 0 Å². The first-order valence-corrected chi connectivity index (χ1v) is 8.84. The summed E-state index contributed by atoms with van der Waals surface area (Å²) in [5.74, 6) is -0.460. The predicted molar refractivity (Wildman–Crippen MR) is 102 cm³/mol. The highest BCUT2D eigenvalue weighted by atomic mass is 19.4. The van der Waals surface area contributed by atoms with Gasteiger partial charge in [-0.2, -0.15) is 23.5 Å². The van der Waals surface area contributed by atoms with Crippen LogP contribution in [0.3, 0.4) is 0 Å². The van der Waals surface area contributed by atoms with Gasteiger partial charge in [0.25, 0.3) is 5.91 Å². The molecule has 3 heterocycles. The van der Waals surface area contributed by atoms with E-state index >= 15 is 0 Å². The monoisotopic (exact) mass is 426 g/mol. The van der Waals surface area contributed by atoms with Crippen molar-refractivity contribution in [3.63, 3.8) is 0 Å². The number of aryl methyl sites for hydroxylation is 1. The standard InChI is InChI=1S/C20H13F3N6O2/c1-12-17(14(9-24)19(31-12)28-6-2-3-7-28)18(30)27-13-4-5-16(29-11-25-10-26-29)15(8-13)20(21,22)23/h2-8,10-11H,1H3,(H,27,30). The molecule has 0 bridgehead atoms. The fourth-order valence-corrected chi connectivity index (χ4v) is 3.13. The Kier molecular flexibility index (Phi) is 4.82. The third-order valence-electron chi connectivity index (χ3n) is 4.47. The van der Waals surface area contributed by atoms with Crippen LogP contribution in [0.5, 0.6) is 0 Å². The molecular formula is C20H13F3N6O2. The van der Waals surface area contributed by atoms with Crippen LogP contribution in [-0.4, -0.2) is 25.2 Å². The maximum absolute atomic E-state index is 13.6. The van der Waals surface area contributed by atoms with Crippen LogP contribution in [0.25, 0.3) is 11.6 Å². The number of alkyl halides is 3. The molecule has 0 saturated heterocycles. The summed E-state index contributed by atoms with van der Waals surface area (Å²) < 4.78 is 48.8. The zero-order valence-corrected chi connectivity index (χ0v) is 15.9. The second-order valence-corrected chi connectivity index (χ2v) is 6.44. The smallest absolute Gasteiger partial charge is 0.418 e. The Balaban J connectivity index is 1.71. The van der Waals surface area contributed by atoms with Crippen LogP contribution in [0.1, 0.15) is 27.2 Å². The van der Waals surface area contributed by atoms with E-state index in [1.807, 2.05) is 6.07 Å². The largest absolute Gasteiger partial charge is 0.443 e. The van der Waals surface area contributed by atoms with Crippen LogP contribution in [0.4, 0.5) is 18.9 Å². The van der Waals surface area contributed by atoms with Crippen LogP contribution in [0.15, 0.2) is 59.8 Å². The highest BCUT2D eigenvalue weighted by molar-refractivity contribution is 6.07. The summed E-state index contributed by atoms with van der Waals surface area (Å²) in [5, 5.41) is 15.7. The van der Waals surface area contributed by atoms with Gasteiger partial charge >= 0.3 is 6.18 Å². The van der Waals surface area contributed by atoms with Crippen LogP contribution in [0, 0.1) is 18.3 Å². The number of hydrogen-bond acceptors (Lipinski definition) is 5. The summed E-state index contributed by atoms with van der Waals surface area (Å²) in [5.41, 5.74) is -1.43. The van der Waals surface area contributed by atoms with Gasteiger partial charge < -0.3 is 9.73 Å². The molecule has 0 radical (unpaired) electrons. The number of halogens is 3. The van der Waals surface area contributed by atoms with Gasteiger partial charge in [-0.15, -0.1) is 0 Å². The van der Waals surface area contributed by atoms with E-state index in [0.29, 0.717) is 0 Å². The van der Waals surface area contributed by atoms with Gasteiger partial charge in [-0.05, 0) is 37.3 Å². The first-order valence-electron chi connectivity index (χ1n) is 8.84. The van der Waals surface area contributed by atoms with Gasteiger partial charge in [-0.25, -0.2) is 9.67 Å². The molecule has 0 aliphatic rings. The Bertz CT molecular complexity index is 1280. The molecule has 0 aliphatic heterocycles. The zero-order valence-electron chi connectivity index (χ0n) is 15.9. The molecule has 0 aliphatic carbocycles. The average Bonchev–Trinajstić information content (AvgIpc) is 3.47. The Labute approximate surface area is 173 Å². The van der Waals surface area contributed by atoms with Crippen molar-refractivity contribution < 1.29 is 22.4 Å². The Hall–Kier alpha value is -4.33. The van der Waals surface area contributed by atoms with E-state index in [-0.39, 0.29) is 34.1 Å². The number of furan rings is 1. The van der Waals surface area contributed by atoms with Crippen LogP contribution in [0.2, 0.25) is 0 Å². The molecule has 31 heavy (non-hydrogen) atoms. The molecule has 4 rings (SSSR count). The van der Waals surface area contributed by atoms with E-state index in [1.165, 1.54) is 23.6 Å². The summed E-state index contributed by atoms with van der Waals surface area (Å²) in [7, 11) is 0. The zero-order chi connectivity index (χ0) is 22.2. The number of aromatic nitrogens is 4. The van der Waals surface area contributed by atoms with E-state index in [9.17, 15) is 23.2 Å². The summed E-state index contributed by atoms with van der Waals surface area (Å²) in [6.07, 6.45) is 0.828. The highest BCUT2D eigenvalue weighted by Gasteiger charge is 2.35. The topological polar surface area (TPSA) is 102 Å². The van der Waals surface area contributed by atoms with Gasteiger partial charge in [0.2, 0.25) is 5.88 Å². The Morgan fingerprint density at radius 2 is 2.00 bits per heavy atom. The van der Waals surface area contributed by atoms with Gasteiger partial charge in [0.05, 0.1) is 11.3 Å². The maximum Gasteiger partial charge on any atom is 0.418 e. The van der Waals surface area contributed by atoms with E-state index < -0.39 is 17.6 Å². The molecular weight excluding hydrogens is 413 g/mol. The number of nitrogens with zero attached hydrogens (tertiary/aromatic N) is 5. The lowest BCUT2D eigenvalue weighted by atomic mass is 10.1. The van der Waals surface area contributed by atoms with Gasteiger partial charge in [0.15, 0.2) is 0 Å². The summed E-state index contributed by atoms with van der Waals surface area (Å²) in [6, 6.07) is 8.63. The predicted octanol–water partition coefficient (Wildman–Crippen LogP) is 4.10. The maximum atomic E-state index is 13.6. The van der Waals surface area contributed by atoms with Gasteiger partial charge in [0.1, 0.15) is 35.6 Å². The van der Waals surface area contributed by atoms with Crippen molar-refractivity contribution >= 4 is 11.6 Å². The van der Waals surface area contributed by atoms with Crippen molar-refractivity contribution in [2.75, 3.05) is 5.32 Å². The normalized spacial score (nSPS) is 11.3. The minimum atomic E-state index is -4.70. The van der Waals surface area contributed by atoms with Crippen molar-refractivity contribution in [3.8, 4) is 17.6 Å². The van der Waals surface area contributed by atoms with Gasteiger partial charge in [-0.3, -0.25) is 9.36 Å². The quantitative estimate of drug-likeness (QED) is 0.529. The highest BCUT2D eigenvalue weighted by Crippen LogP contribution is 2.35. The Morgan fingerprint density at radius 1 is 1.26 bits per heavy atom. The van der Waals surface area contributed by atoms with Crippen LogP contribution in [-0.2, 0) is 6.18 Å². The van der Waals surface area contributed by atoms with Gasteiger partial charge in [0, 0.05) is 18.1 Å². The first kappa shape index (κ1) is 20.0. The van der Waals surface area contributed by atoms with E-state index in [0.717, 1.165) is 23.4 Å². The molecule has 0 spiro atoms. The number of benzene rings is 1. The number of hydrogen-bond donors (Lipinski definition) is 1. The molecule has 0 saturated carbocycles. The molecule has 1 N–H and O–H groups in total. The van der Waals surface area contributed by atoms with E-state index in [4.69, 9.17) is 4.42 Å². The summed E-state index contributed by atoms with van der Waals surface area (Å²) in [6.45, 7) is 1.50. The number of carbonyl (C=O) groups excluding carboxylic acids is 1. The fourth-order valence-electron chi connectivity index (χ4n) is 3.13. The lowest BCUT2D eigenvalue weighted by Crippen LogP contribution is -2.16. The second kappa shape index (κ2) is 7.49. The first-order chi connectivity index (χ1) is 14.8. The van der Waals surface area contributed by atoms with E-state index in [2.05, 4.69) is 15.4 Å². The number of carbonyl (C=O) groups is 1. The number of rotatable bonds is 4. The molecule has 11 heteroatoms. The molecule has 156 valence electrons. The average molecular weight is 426 g/mol. The second-order valence-electron chi connectivity index (χ2n) is 6.44. The number of amides is 1. The minimum Gasteiger partial charge on any atom is -0.443 e. The van der Waals surface area contributed by atoms with Gasteiger partial charge in [-0.1, -0.05) is 0 Å². The van der Waals surface area contributed by atoms with Crippen molar-refractivity contribution in [2.45, 2.75) is 13.1 Å². The molecule has 4 aromatic rings. The van der Waals surface area contributed by atoms with Crippen molar-refractivity contribution in [1.29, 1.82) is 5.26 Å². The van der Waals surface area contributed by atoms with Crippen molar-refractivity contribution in [3.05, 3.63) is 77.8 Å². The molecule has 1 aromatic carbocycles.